The van der Waals surface area contributed by atoms with Gasteiger partial charge in [-0.1, -0.05) is 0 Å². The van der Waals surface area contributed by atoms with Crippen molar-refractivity contribution in [1.82, 2.24) is 0 Å². The van der Waals surface area contributed by atoms with E-state index in [0.29, 0.717) is 0 Å². The monoisotopic (exact) mass is 247 g/mol. The Labute approximate surface area is 77.4 Å². The van der Waals surface area contributed by atoms with Gasteiger partial charge in [0.1, 0.15) is 6.21 Å². The molecular weight excluding hydrogens is 240 g/mol. The topological polar surface area (TPSA) is 165 Å². The third-order valence-electron chi connectivity index (χ3n) is 0.920. The van der Waals surface area contributed by atoms with Gasteiger partial charge in [0, 0.05) is 0 Å². The van der Waals surface area contributed by atoms with E-state index >= 15 is 0 Å². The molecule has 0 aliphatic heterocycles. The summed E-state index contributed by atoms with van der Waals surface area (Å²) in [5.41, 5.74) is -2.66. The van der Waals surface area contributed by atoms with Gasteiger partial charge in [-0.2, -0.15) is 0 Å². The Morgan fingerprint density at radius 3 is 1.71 bits per heavy atom. The predicted octanol–water partition coefficient (Wildman–Crippen LogP) is -1.22. The molecule has 5 N–H and O–H groups in total. The summed E-state index contributed by atoms with van der Waals surface area (Å²) in [6.07, 6.45) is 0.0167. The van der Waals surface area contributed by atoms with Crippen LogP contribution in [0.15, 0.2) is 4.99 Å². The van der Waals surface area contributed by atoms with Crippen molar-refractivity contribution in [2.24, 2.45) is 4.99 Å². The van der Waals surface area contributed by atoms with E-state index in [0.717, 1.165) is 0 Å². The third-order valence-corrected chi connectivity index (χ3v) is 4.20. The van der Waals surface area contributed by atoms with Crippen LogP contribution in [0.1, 0.15) is 0 Å². The zero-order valence-corrected chi connectivity index (χ0v) is 8.25. The second-order valence-corrected chi connectivity index (χ2v) is 5.88. The lowest BCUT2D eigenvalue weighted by Gasteiger charge is -2.14. The summed E-state index contributed by atoms with van der Waals surface area (Å²) in [7, 11) is -10.4. The van der Waals surface area contributed by atoms with E-state index in [1.165, 1.54) is 0 Å². The maximum absolute atomic E-state index is 10.5. The van der Waals surface area contributed by atoms with Gasteiger partial charge in [-0.25, -0.2) is 4.79 Å². The molecule has 9 nitrogen and oxygen atoms in total. The number of rotatable bonds is 4. The van der Waals surface area contributed by atoms with Crippen LogP contribution in [-0.4, -0.2) is 42.4 Å². The molecule has 0 atom stereocenters. The van der Waals surface area contributed by atoms with Crippen molar-refractivity contribution >= 4 is 27.4 Å². The van der Waals surface area contributed by atoms with Gasteiger partial charge in [-0.15, -0.1) is 0 Å². The molecule has 0 saturated carbocycles. The van der Waals surface area contributed by atoms with Crippen LogP contribution in [0.2, 0.25) is 0 Å². The Bertz CT molecular complexity index is 314. The maximum Gasteiger partial charge on any atom is 0.362 e. The lowest BCUT2D eigenvalue weighted by molar-refractivity contribution is -0.128. The van der Waals surface area contributed by atoms with Crippen molar-refractivity contribution in [2.75, 3.05) is 0 Å². The fourth-order valence-corrected chi connectivity index (χ4v) is 2.55. The number of carbonyl (C=O) groups is 1. The van der Waals surface area contributed by atoms with E-state index in [1.807, 2.05) is 0 Å². The van der Waals surface area contributed by atoms with Gasteiger partial charge in [0.25, 0.3) is 5.52 Å². The fraction of sp³-hybridized carbons (Fsp3) is 0.333. The summed E-state index contributed by atoms with van der Waals surface area (Å²) in [4.78, 5) is 46.3. The number of carboxylic acid groups (broad SMARTS) is 1. The Morgan fingerprint density at radius 2 is 1.50 bits per heavy atom. The molecule has 0 saturated heterocycles. The van der Waals surface area contributed by atoms with Crippen molar-refractivity contribution in [3.63, 3.8) is 0 Å². The molecule has 0 aliphatic carbocycles. The SMILES string of the molecule is O=C(O)/C=N/C(P(=O)(O)O)P(=O)(O)O. The van der Waals surface area contributed by atoms with Gasteiger partial charge >= 0.3 is 21.2 Å². The van der Waals surface area contributed by atoms with Gasteiger partial charge in [0.15, 0.2) is 0 Å². The van der Waals surface area contributed by atoms with Crippen LogP contribution in [-0.2, 0) is 13.9 Å². The van der Waals surface area contributed by atoms with Crippen LogP contribution in [0.3, 0.4) is 0 Å². The second-order valence-electron chi connectivity index (χ2n) is 2.14. The van der Waals surface area contributed by atoms with E-state index in [1.54, 1.807) is 0 Å². The van der Waals surface area contributed by atoms with Gasteiger partial charge in [-0.3, -0.25) is 14.1 Å². The van der Waals surface area contributed by atoms with Crippen LogP contribution in [0, 0.1) is 0 Å². The molecule has 0 aromatic rings. The smallest absolute Gasteiger partial charge is 0.362 e. The molecule has 14 heavy (non-hydrogen) atoms. The quantitative estimate of drug-likeness (QED) is 0.304. The number of aliphatic carboxylic acids is 1. The Kier molecular flexibility index (Phi) is 4.14. The largest absolute Gasteiger partial charge is 0.477 e. The van der Waals surface area contributed by atoms with Crippen LogP contribution in [0.4, 0.5) is 0 Å². The average molecular weight is 247 g/mol. The van der Waals surface area contributed by atoms with E-state index in [9.17, 15) is 13.9 Å². The van der Waals surface area contributed by atoms with E-state index in [-0.39, 0.29) is 6.21 Å². The van der Waals surface area contributed by atoms with Crippen molar-refractivity contribution < 1.29 is 38.6 Å². The van der Waals surface area contributed by atoms with Crippen LogP contribution < -0.4 is 0 Å². The number of nitrogens with zero attached hydrogens (tertiary/aromatic N) is 1. The lowest BCUT2D eigenvalue weighted by Crippen LogP contribution is -2.08. The molecule has 0 fully saturated rings. The van der Waals surface area contributed by atoms with E-state index in [4.69, 9.17) is 24.7 Å². The maximum atomic E-state index is 10.5. The molecule has 0 rings (SSSR count). The molecule has 0 unspecified atom stereocenters. The first-order valence-corrected chi connectivity index (χ1v) is 6.28. The number of carboxylic acids is 1. The highest BCUT2D eigenvalue weighted by molar-refractivity contribution is 7.70. The van der Waals surface area contributed by atoms with Crippen molar-refractivity contribution in [3.05, 3.63) is 0 Å². The predicted molar refractivity (Wildman–Crippen MR) is 44.0 cm³/mol. The normalized spacial score (nSPS) is 13.8. The molecule has 0 amide bonds. The van der Waals surface area contributed by atoms with Gasteiger partial charge in [-0.05, 0) is 0 Å². The van der Waals surface area contributed by atoms with Crippen molar-refractivity contribution in [3.8, 4) is 0 Å². The molecule has 0 radical (unpaired) electrons. The fourth-order valence-electron chi connectivity index (χ4n) is 0.500. The second kappa shape index (κ2) is 4.31. The molecule has 0 spiro atoms. The molecule has 0 aromatic carbocycles. The van der Waals surface area contributed by atoms with Crippen LogP contribution in [0.5, 0.6) is 0 Å². The zero-order chi connectivity index (χ0) is 11.6. The van der Waals surface area contributed by atoms with Crippen LogP contribution >= 0.6 is 15.2 Å². The number of aliphatic imine (C=N–C) groups is 1. The average Bonchev–Trinajstić information content (AvgIpc) is 1.78. The number of hydrogen-bond donors (Lipinski definition) is 5. The first-order valence-electron chi connectivity index (χ1n) is 2.91. The standard InChI is InChI=1S/C3H7NO8P2/c5-2(6)1-4-3(13(7,8)9)14(10,11)12/h1,3H,(H,5,6)(H2,7,8,9)(H2,10,11,12)/b4-1+. The summed E-state index contributed by atoms with van der Waals surface area (Å²) >= 11 is 0. The Morgan fingerprint density at radius 1 is 1.14 bits per heavy atom. The molecule has 0 aliphatic rings. The minimum Gasteiger partial charge on any atom is -0.477 e. The van der Waals surface area contributed by atoms with E-state index < -0.39 is 26.7 Å². The summed E-state index contributed by atoms with van der Waals surface area (Å²) in [5, 5.41) is 8.04. The van der Waals surface area contributed by atoms with Gasteiger partial charge in [0.05, 0.1) is 0 Å². The highest BCUT2D eigenvalue weighted by Gasteiger charge is 2.43. The van der Waals surface area contributed by atoms with Crippen molar-refractivity contribution in [1.29, 1.82) is 0 Å². The Balaban J connectivity index is 5.06. The minimum absolute atomic E-state index is 0.0167. The summed E-state index contributed by atoms with van der Waals surface area (Å²) in [6, 6.07) is 0. The molecular formula is C3H7NO8P2. The minimum atomic E-state index is -5.18. The lowest BCUT2D eigenvalue weighted by atomic mass is 10.8. The highest BCUT2D eigenvalue weighted by atomic mass is 31.2. The van der Waals surface area contributed by atoms with Crippen molar-refractivity contribution in [2.45, 2.75) is 5.52 Å². The first kappa shape index (κ1) is 13.4. The summed E-state index contributed by atoms with van der Waals surface area (Å²) < 4.78 is 21.0. The highest BCUT2D eigenvalue weighted by Crippen LogP contribution is 2.60. The molecule has 11 heteroatoms. The van der Waals surface area contributed by atoms with Crippen LogP contribution in [0.25, 0.3) is 0 Å². The number of hydrogen-bond acceptors (Lipinski definition) is 4. The molecule has 0 heterocycles. The molecule has 0 bridgehead atoms. The molecule has 82 valence electrons. The van der Waals surface area contributed by atoms with Gasteiger partial charge in [0.2, 0.25) is 0 Å². The first-order chi connectivity index (χ1) is 6.05. The van der Waals surface area contributed by atoms with Gasteiger partial charge < -0.3 is 24.7 Å². The third kappa shape index (κ3) is 4.61. The Hall–Kier alpha value is -0.560. The zero-order valence-electron chi connectivity index (χ0n) is 6.46. The molecule has 0 aromatic heterocycles. The van der Waals surface area contributed by atoms with E-state index in [2.05, 4.69) is 4.99 Å². The summed E-state index contributed by atoms with van der Waals surface area (Å²) in [6.45, 7) is 0. The summed E-state index contributed by atoms with van der Waals surface area (Å²) in [5.74, 6) is -1.67.